The van der Waals surface area contributed by atoms with Crippen molar-refractivity contribution in [3.63, 3.8) is 0 Å². The van der Waals surface area contributed by atoms with Crippen LogP contribution in [0.25, 0.3) is 0 Å². The lowest BCUT2D eigenvalue weighted by Crippen LogP contribution is -2.48. The zero-order valence-corrected chi connectivity index (χ0v) is 20.3. The molecular weight excluding hydrogens is 412 g/mol. The molecule has 33 heavy (non-hydrogen) atoms. The van der Waals surface area contributed by atoms with Crippen LogP contribution in [0.1, 0.15) is 48.7 Å². The third-order valence-electron chi connectivity index (χ3n) is 6.11. The van der Waals surface area contributed by atoms with E-state index in [2.05, 4.69) is 71.5 Å². The predicted molar refractivity (Wildman–Crippen MR) is 133 cm³/mol. The third-order valence-corrected chi connectivity index (χ3v) is 6.11. The number of carbonyl (C=O) groups is 2. The van der Waals surface area contributed by atoms with Crippen molar-refractivity contribution in [1.82, 2.24) is 20.4 Å². The van der Waals surface area contributed by atoms with E-state index in [4.69, 9.17) is 0 Å². The van der Waals surface area contributed by atoms with Crippen LogP contribution >= 0.6 is 0 Å². The molecule has 0 aliphatic carbocycles. The van der Waals surface area contributed by atoms with E-state index in [0.717, 1.165) is 39.3 Å². The van der Waals surface area contributed by atoms with Crippen molar-refractivity contribution in [2.45, 2.75) is 39.2 Å². The standard InChI is InChI=1S/C27H38N4O2/c1-27(2,3)24-11-9-23(10-12-24)26(33)29-14-13-25(32)28-15-16-30-17-19-31(20-18-30)21-22-7-5-4-6-8-22/h4-12H,13-21H2,1-3H3,(H,28,32)(H,29,33). The summed E-state index contributed by atoms with van der Waals surface area (Å²) in [4.78, 5) is 29.3. The largest absolute Gasteiger partial charge is 0.355 e. The second-order valence-corrected chi connectivity index (χ2v) is 9.79. The highest BCUT2D eigenvalue weighted by Gasteiger charge is 2.17. The molecular formula is C27H38N4O2. The van der Waals surface area contributed by atoms with Gasteiger partial charge in [0, 0.05) is 64.3 Å². The zero-order chi connectivity index (χ0) is 23.7. The number of hydrogen-bond acceptors (Lipinski definition) is 4. The van der Waals surface area contributed by atoms with E-state index >= 15 is 0 Å². The van der Waals surface area contributed by atoms with Crippen LogP contribution in [-0.4, -0.2) is 67.4 Å². The lowest BCUT2D eigenvalue weighted by atomic mass is 9.87. The van der Waals surface area contributed by atoms with Gasteiger partial charge < -0.3 is 10.6 Å². The summed E-state index contributed by atoms with van der Waals surface area (Å²) in [5, 5.41) is 5.81. The smallest absolute Gasteiger partial charge is 0.251 e. The predicted octanol–water partition coefficient (Wildman–Crippen LogP) is 3.04. The van der Waals surface area contributed by atoms with Crippen molar-refractivity contribution in [3.05, 3.63) is 71.3 Å². The summed E-state index contributed by atoms with van der Waals surface area (Å²) in [7, 11) is 0. The van der Waals surface area contributed by atoms with Crippen LogP contribution in [0.4, 0.5) is 0 Å². The van der Waals surface area contributed by atoms with E-state index in [1.54, 1.807) is 0 Å². The highest BCUT2D eigenvalue weighted by atomic mass is 16.2. The Labute approximate surface area is 198 Å². The Morgan fingerprint density at radius 3 is 2.09 bits per heavy atom. The molecule has 2 aromatic carbocycles. The lowest BCUT2D eigenvalue weighted by Gasteiger charge is -2.34. The Kier molecular flexibility index (Phi) is 9.03. The van der Waals surface area contributed by atoms with Crippen LogP contribution in [0, 0.1) is 0 Å². The van der Waals surface area contributed by atoms with Gasteiger partial charge in [-0.2, -0.15) is 0 Å². The number of nitrogens with zero attached hydrogens (tertiary/aromatic N) is 2. The molecule has 3 rings (SSSR count). The fraction of sp³-hybridized carbons (Fsp3) is 0.481. The molecule has 0 atom stereocenters. The first-order chi connectivity index (χ1) is 15.8. The first kappa shape index (κ1) is 24.9. The van der Waals surface area contributed by atoms with Gasteiger partial charge in [-0.15, -0.1) is 0 Å². The van der Waals surface area contributed by atoms with Crippen molar-refractivity contribution < 1.29 is 9.59 Å². The van der Waals surface area contributed by atoms with E-state index in [-0.39, 0.29) is 23.7 Å². The summed E-state index contributed by atoms with van der Waals surface area (Å²) in [5.74, 6) is -0.169. The van der Waals surface area contributed by atoms with Crippen LogP contribution in [0.2, 0.25) is 0 Å². The number of carbonyl (C=O) groups excluding carboxylic acids is 2. The minimum Gasteiger partial charge on any atom is -0.355 e. The molecule has 1 heterocycles. The monoisotopic (exact) mass is 450 g/mol. The molecule has 0 radical (unpaired) electrons. The van der Waals surface area contributed by atoms with Crippen LogP contribution in [0.3, 0.4) is 0 Å². The molecule has 0 bridgehead atoms. The number of benzene rings is 2. The zero-order valence-electron chi connectivity index (χ0n) is 20.3. The maximum absolute atomic E-state index is 12.3. The van der Waals surface area contributed by atoms with Gasteiger partial charge in [0.05, 0.1) is 0 Å². The summed E-state index contributed by atoms with van der Waals surface area (Å²) >= 11 is 0. The van der Waals surface area contributed by atoms with Crippen LogP contribution in [0.5, 0.6) is 0 Å². The molecule has 2 aromatic rings. The van der Waals surface area contributed by atoms with Crippen LogP contribution < -0.4 is 10.6 Å². The van der Waals surface area contributed by atoms with E-state index < -0.39 is 0 Å². The van der Waals surface area contributed by atoms with Crippen LogP contribution in [0.15, 0.2) is 54.6 Å². The topological polar surface area (TPSA) is 64.7 Å². The van der Waals surface area contributed by atoms with E-state index in [1.165, 1.54) is 11.1 Å². The number of piperazine rings is 1. The molecule has 1 saturated heterocycles. The third kappa shape index (κ3) is 8.30. The summed E-state index contributed by atoms with van der Waals surface area (Å²) in [6, 6.07) is 18.2. The van der Waals surface area contributed by atoms with E-state index in [1.807, 2.05) is 24.3 Å². The van der Waals surface area contributed by atoms with Gasteiger partial charge in [0.15, 0.2) is 0 Å². The van der Waals surface area contributed by atoms with Crippen LogP contribution in [-0.2, 0) is 16.8 Å². The fourth-order valence-corrected chi connectivity index (χ4v) is 3.97. The fourth-order valence-electron chi connectivity index (χ4n) is 3.97. The molecule has 0 saturated carbocycles. The summed E-state index contributed by atoms with van der Waals surface area (Å²) in [5.41, 5.74) is 3.22. The summed E-state index contributed by atoms with van der Waals surface area (Å²) < 4.78 is 0. The van der Waals surface area contributed by atoms with Gasteiger partial charge in [-0.25, -0.2) is 0 Å². The average Bonchev–Trinajstić information content (AvgIpc) is 2.80. The first-order valence-electron chi connectivity index (χ1n) is 12.0. The highest BCUT2D eigenvalue weighted by molar-refractivity contribution is 5.94. The lowest BCUT2D eigenvalue weighted by molar-refractivity contribution is -0.121. The van der Waals surface area contributed by atoms with Gasteiger partial charge in [-0.3, -0.25) is 19.4 Å². The number of rotatable bonds is 9. The second kappa shape index (κ2) is 12.0. The van der Waals surface area contributed by atoms with Gasteiger partial charge in [0.25, 0.3) is 5.91 Å². The number of amides is 2. The van der Waals surface area contributed by atoms with E-state index in [9.17, 15) is 9.59 Å². The minimum absolute atomic E-state index is 0.0268. The van der Waals surface area contributed by atoms with Crippen molar-refractivity contribution >= 4 is 11.8 Å². The van der Waals surface area contributed by atoms with Gasteiger partial charge in [0.2, 0.25) is 5.91 Å². The van der Waals surface area contributed by atoms with Crippen molar-refractivity contribution in [2.75, 3.05) is 45.8 Å². The number of nitrogens with one attached hydrogen (secondary N) is 2. The average molecular weight is 451 g/mol. The van der Waals surface area contributed by atoms with E-state index in [0.29, 0.717) is 18.7 Å². The van der Waals surface area contributed by atoms with Gasteiger partial charge >= 0.3 is 0 Å². The van der Waals surface area contributed by atoms with Crippen molar-refractivity contribution in [3.8, 4) is 0 Å². The second-order valence-electron chi connectivity index (χ2n) is 9.79. The maximum atomic E-state index is 12.3. The van der Waals surface area contributed by atoms with Crippen molar-refractivity contribution in [2.24, 2.45) is 0 Å². The Bertz CT molecular complexity index is 883. The quantitative estimate of drug-likeness (QED) is 0.616. The normalized spacial score (nSPS) is 15.2. The van der Waals surface area contributed by atoms with Gasteiger partial charge in [0.1, 0.15) is 0 Å². The maximum Gasteiger partial charge on any atom is 0.251 e. The molecule has 178 valence electrons. The number of hydrogen-bond donors (Lipinski definition) is 2. The molecule has 1 aliphatic rings. The molecule has 1 fully saturated rings. The summed E-state index contributed by atoms with van der Waals surface area (Å²) in [6.45, 7) is 13.4. The molecule has 6 nitrogen and oxygen atoms in total. The molecule has 6 heteroatoms. The molecule has 0 unspecified atom stereocenters. The highest BCUT2D eigenvalue weighted by Crippen LogP contribution is 2.22. The molecule has 2 N–H and O–H groups in total. The Hall–Kier alpha value is -2.70. The molecule has 0 aromatic heterocycles. The molecule has 1 aliphatic heterocycles. The van der Waals surface area contributed by atoms with Gasteiger partial charge in [-0.05, 0) is 28.7 Å². The Morgan fingerprint density at radius 1 is 0.818 bits per heavy atom. The SMILES string of the molecule is CC(C)(C)c1ccc(C(=O)NCCC(=O)NCCN2CCN(Cc3ccccc3)CC2)cc1. The van der Waals surface area contributed by atoms with Crippen molar-refractivity contribution in [1.29, 1.82) is 0 Å². The van der Waals surface area contributed by atoms with Gasteiger partial charge in [-0.1, -0.05) is 63.2 Å². The Morgan fingerprint density at radius 2 is 1.45 bits per heavy atom. The minimum atomic E-state index is -0.142. The Balaban J connectivity index is 1.26. The molecule has 2 amide bonds. The first-order valence-corrected chi connectivity index (χ1v) is 12.0. The molecule has 0 spiro atoms. The summed E-state index contributed by atoms with van der Waals surface area (Å²) in [6.07, 6.45) is 0.288.